The molecule has 5 nitrogen and oxygen atoms in total. The Hall–Kier alpha value is -1.05. The van der Waals surface area contributed by atoms with E-state index in [1.54, 1.807) is 13.8 Å². The van der Waals surface area contributed by atoms with Crippen molar-refractivity contribution in [1.29, 1.82) is 0 Å². The number of pyridine rings is 1. The zero-order valence-electron chi connectivity index (χ0n) is 10.0. The second-order valence-electron chi connectivity index (χ2n) is 4.28. The molecule has 0 aliphatic rings. The summed E-state index contributed by atoms with van der Waals surface area (Å²) in [6.45, 7) is 3.44. The van der Waals surface area contributed by atoms with Crippen LogP contribution in [0.3, 0.4) is 0 Å². The highest BCUT2D eigenvalue weighted by Crippen LogP contribution is 2.22. The molecule has 96 valence electrons. The maximum atomic E-state index is 13.4. The summed E-state index contributed by atoms with van der Waals surface area (Å²) in [5, 5.41) is -0.580. The fourth-order valence-electron chi connectivity index (χ4n) is 1.14. The Bertz CT molecular complexity index is 502. The fraction of sp³-hybridized carbons (Fsp3) is 0.500. The van der Waals surface area contributed by atoms with Gasteiger partial charge in [-0.1, -0.05) is 0 Å². The van der Waals surface area contributed by atoms with Gasteiger partial charge in [-0.25, -0.2) is 17.8 Å². The topological polar surface area (TPSA) is 76.3 Å². The summed E-state index contributed by atoms with van der Waals surface area (Å²) in [5.41, 5.74) is 4.70. The third-order valence-electron chi connectivity index (χ3n) is 2.68. The molecule has 0 saturated carbocycles. The third kappa shape index (κ3) is 2.62. The minimum atomic E-state index is -3.97. The van der Waals surface area contributed by atoms with Gasteiger partial charge in [0.05, 0.1) is 0 Å². The average molecular weight is 261 g/mol. The van der Waals surface area contributed by atoms with E-state index in [4.69, 9.17) is 5.73 Å². The number of nitrogens with two attached hydrogens (primary N) is 1. The van der Waals surface area contributed by atoms with Crippen LogP contribution in [-0.2, 0) is 10.0 Å². The summed E-state index contributed by atoms with van der Waals surface area (Å²) >= 11 is 0. The first kappa shape index (κ1) is 14.0. The predicted octanol–water partition coefficient (Wildman–Crippen LogP) is 0.579. The van der Waals surface area contributed by atoms with Gasteiger partial charge in [-0.2, -0.15) is 4.31 Å². The number of sulfonamides is 1. The minimum absolute atomic E-state index is 0.122. The molecule has 0 aliphatic heterocycles. The summed E-state index contributed by atoms with van der Waals surface area (Å²) in [5.74, 6) is -0.868. The normalized spacial score (nSPS) is 13.1. The number of nitrogens with zero attached hydrogens (tertiary/aromatic N) is 2. The van der Waals surface area contributed by atoms with Crippen molar-refractivity contribution in [3.8, 4) is 0 Å². The van der Waals surface area contributed by atoms with Gasteiger partial charge in [-0.15, -0.1) is 0 Å². The van der Waals surface area contributed by atoms with Crippen LogP contribution in [0.5, 0.6) is 0 Å². The van der Waals surface area contributed by atoms with Gasteiger partial charge < -0.3 is 5.73 Å². The van der Waals surface area contributed by atoms with Gasteiger partial charge in [0.25, 0.3) is 10.0 Å². The Morgan fingerprint density at radius 2 is 2.12 bits per heavy atom. The molecule has 0 aromatic carbocycles. The molecular weight excluding hydrogens is 245 g/mol. The molecule has 0 atom stereocenters. The average Bonchev–Trinajstić information content (AvgIpc) is 2.28. The molecule has 2 N–H and O–H groups in total. The highest BCUT2D eigenvalue weighted by atomic mass is 32.2. The van der Waals surface area contributed by atoms with E-state index in [0.717, 1.165) is 10.4 Å². The van der Waals surface area contributed by atoms with Crippen molar-refractivity contribution in [3.05, 3.63) is 24.1 Å². The van der Waals surface area contributed by atoms with Crippen LogP contribution < -0.4 is 5.73 Å². The van der Waals surface area contributed by atoms with Crippen molar-refractivity contribution in [2.24, 2.45) is 5.73 Å². The molecule has 1 aromatic heterocycles. The van der Waals surface area contributed by atoms with Gasteiger partial charge in [-0.05, 0) is 26.0 Å². The van der Waals surface area contributed by atoms with Crippen molar-refractivity contribution >= 4 is 10.0 Å². The van der Waals surface area contributed by atoms with Crippen molar-refractivity contribution in [3.63, 3.8) is 0 Å². The van der Waals surface area contributed by atoms with Crippen LogP contribution in [0, 0.1) is 5.82 Å². The Labute approximate surface area is 101 Å². The molecule has 17 heavy (non-hydrogen) atoms. The van der Waals surface area contributed by atoms with E-state index in [0.29, 0.717) is 0 Å². The largest absolute Gasteiger partial charge is 0.329 e. The molecule has 7 heteroatoms. The highest BCUT2D eigenvalue weighted by molar-refractivity contribution is 7.89. The zero-order chi connectivity index (χ0) is 13.3. The minimum Gasteiger partial charge on any atom is -0.329 e. The van der Waals surface area contributed by atoms with Crippen LogP contribution >= 0.6 is 0 Å². The molecule has 1 heterocycles. The standard InChI is InChI=1S/C10H16FN3O2S/c1-10(2,7-12)14(3)17(15,16)9-8(11)5-4-6-13-9/h4-6H,7,12H2,1-3H3. The molecule has 0 amide bonds. The summed E-state index contributed by atoms with van der Waals surface area (Å²) in [6, 6.07) is 2.39. The highest BCUT2D eigenvalue weighted by Gasteiger charge is 2.35. The number of hydrogen-bond acceptors (Lipinski definition) is 4. The van der Waals surface area contributed by atoms with Crippen LogP contribution in [-0.4, -0.2) is 36.8 Å². The number of likely N-dealkylation sites (N-methyl/N-ethyl adjacent to an activating group) is 1. The Morgan fingerprint density at radius 1 is 1.53 bits per heavy atom. The number of hydrogen-bond donors (Lipinski definition) is 1. The lowest BCUT2D eigenvalue weighted by atomic mass is 10.1. The summed E-state index contributed by atoms with van der Waals surface area (Å²) in [4.78, 5) is 3.57. The van der Waals surface area contributed by atoms with Crippen molar-refractivity contribution in [2.45, 2.75) is 24.4 Å². The maximum Gasteiger partial charge on any atom is 0.263 e. The van der Waals surface area contributed by atoms with E-state index in [-0.39, 0.29) is 6.54 Å². The molecule has 0 aliphatic carbocycles. The van der Waals surface area contributed by atoms with Gasteiger partial charge in [0.2, 0.25) is 5.03 Å². The van der Waals surface area contributed by atoms with Gasteiger partial charge in [-0.3, -0.25) is 0 Å². The van der Waals surface area contributed by atoms with Gasteiger partial charge in [0, 0.05) is 25.3 Å². The van der Waals surface area contributed by atoms with Crippen molar-refractivity contribution in [1.82, 2.24) is 9.29 Å². The lowest BCUT2D eigenvalue weighted by molar-refractivity contribution is 0.272. The molecular formula is C10H16FN3O2S. The van der Waals surface area contributed by atoms with Gasteiger partial charge >= 0.3 is 0 Å². The monoisotopic (exact) mass is 261 g/mol. The van der Waals surface area contributed by atoms with E-state index in [1.807, 2.05) is 0 Å². The van der Waals surface area contributed by atoms with Crippen LogP contribution in [0.4, 0.5) is 4.39 Å². The molecule has 0 spiro atoms. The van der Waals surface area contributed by atoms with E-state index < -0.39 is 26.4 Å². The van der Waals surface area contributed by atoms with Gasteiger partial charge in [0.1, 0.15) is 0 Å². The van der Waals surface area contributed by atoms with Crippen LogP contribution in [0.2, 0.25) is 0 Å². The third-order valence-corrected chi connectivity index (χ3v) is 4.69. The SMILES string of the molecule is CN(C(C)(C)CN)S(=O)(=O)c1ncccc1F. The zero-order valence-corrected chi connectivity index (χ0v) is 10.8. The first-order chi connectivity index (χ1) is 7.73. The quantitative estimate of drug-likeness (QED) is 0.860. The molecule has 0 unspecified atom stereocenters. The van der Waals surface area contributed by atoms with E-state index in [2.05, 4.69) is 4.98 Å². The smallest absolute Gasteiger partial charge is 0.263 e. The summed E-state index contributed by atoms with van der Waals surface area (Å²) < 4.78 is 38.7. The number of rotatable bonds is 4. The molecule has 1 rings (SSSR count). The first-order valence-electron chi connectivity index (χ1n) is 5.03. The molecule has 0 radical (unpaired) electrons. The summed E-state index contributed by atoms with van der Waals surface area (Å²) in [6.07, 6.45) is 1.24. The molecule has 0 saturated heterocycles. The number of aromatic nitrogens is 1. The molecule has 0 bridgehead atoms. The second kappa shape index (κ2) is 4.67. The maximum absolute atomic E-state index is 13.4. The van der Waals surface area contributed by atoms with Crippen LogP contribution in [0.15, 0.2) is 23.4 Å². The molecule has 1 aromatic rings. The molecule has 0 fully saturated rings. The lowest BCUT2D eigenvalue weighted by Gasteiger charge is -2.32. The predicted molar refractivity (Wildman–Crippen MR) is 62.3 cm³/mol. The van der Waals surface area contributed by atoms with Crippen molar-refractivity contribution < 1.29 is 12.8 Å². The van der Waals surface area contributed by atoms with E-state index >= 15 is 0 Å². The Morgan fingerprint density at radius 3 is 2.59 bits per heavy atom. The Kier molecular flexibility index (Phi) is 3.85. The van der Waals surface area contributed by atoms with Gasteiger partial charge in [0.15, 0.2) is 5.82 Å². The fourth-order valence-corrected chi connectivity index (χ4v) is 2.64. The number of halogens is 1. The Balaban J connectivity index is 3.26. The first-order valence-corrected chi connectivity index (χ1v) is 6.47. The van der Waals surface area contributed by atoms with Crippen LogP contribution in [0.1, 0.15) is 13.8 Å². The van der Waals surface area contributed by atoms with E-state index in [1.165, 1.54) is 19.3 Å². The van der Waals surface area contributed by atoms with Crippen LogP contribution in [0.25, 0.3) is 0 Å². The van der Waals surface area contributed by atoms with Crippen molar-refractivity contribution in [2.75, 3.05) is 13.6 Å². The second-order valence-corrected chi connectivity index (χ2v) is 6.16. The van der Waals surface area contributed by atoms with E-state index in [9.17, 15) is 12.8 Å². The summed E-state index contributed by atoms with van der Waals surface area (Å²) in [7, 11) is -2.61. The lowest BCUT2D eigenvalue weighted by Crippen LogP contribution is -2.50.